The molecule has 0 spiro atoms. The summed E-state index contributed by atoms with van der Waals surface area (Å²) < 4.78 is 0. The van der Waals surface area contributed by atoms with Crippen molar-refractivity contribution in [2.75, 3.05) is 0 Å². The van der Waals surface area contributed by atoms with Crippen LogP contribution in [0.4, 0.5) is 0 Å². The van der Waals surface area contributed by atoms with E-state index in [-0.39, 0.29) is 5.41 Å². The second-order valence-corrected chi connectivity index (χ2v) is 8.01. The summed E-state index contributed by atoms with van der Waals surface area (Å²) in [5, 5.41) is 0. The van der Waals surface area contributed by atoms with Crippen molar-refractivity contribution in [1.29, 1.82) is 0 Å². The molecule has 0 radical (unpaired) electrons. The predicted octanol–water partition coefficient (Wildman–Crippen LogP) is 7.22. The Hall–Kier alpha value is -2.15. The van der Waals surface area contributed by atoms with Gasteiger partial charge >= 0.3 is 0 Å². The van der Waals surface area contributed by atoms with Crippen LogP contribution in [0.25, 0.3) is 0 Å². The van der Waals surface area contributed by atoms with Gasteiger partial charge in [0, 0.05) is 0 Å². The molecule has 0 aromatic carbocycles. The van der Waals surface area contributed by atoms with Gasteiger partial charge in [0.2, 0.25) is 0 Å². The monoisotopic (exact) mass is 350 g/mol. The van der Waals surface area contributed by atoms with E-state index in [1.807, 2.05) is 19.1 Å². The molecule has 26 heavy (non-hydrogen) atoms. The molecule has 0 saturated heterocycles. The summed E-state index contributed by atoms with van der Waals surface area (Å²) in [7, 11) is 0. The lowest BCUT2D eigenvalue weighted by Gasteiger charge is -2.34. The molecule has 1 heteroatoms. The quantitative estimate of drug-likeness (QED) is 0.281. The normalized spacial score (nSPS) is 20.3. The highest BCUT2D eigenvalue weighted by atomic mass is 16.1. The molecule has 0 fully saturated rings. The Bertz CT molecular complexity index is 724. The lowest BCUT2D eigenvalue weighted by atomic mass is 9.70. The highest BCUT2D eigenvalue weighted by Crippen LogP contribution is 2.43. The van der Waals surface area contributed by atoms with E-state index in [0.717, 1.165) is 18.3 Å². The smallest absolute Gasteiger partial charge is 0.143 e. The summed E-state index contributed by atoms with van der Waals surface area (Å²) in [5.41, 5.74) is 7.94. The van der Waals surface area contributed by atoms with Crippen LogP contribution in [0.15, 0.2) is 82.0 Å². The summed E-state index contributed by atoms with van der Waals surface area (Å²) in [5.74, 6) is 0. The third kappa shape index (κ3) is 7.00. The summed E-state index contributed by atoms with van der Waals surface area (Å²) in [4.78, 5) is 10.4. The number of carbonyl (C=O) groups is 1. The molecule has 0 heterocycles. The van der Waals surface area contributed by atoms with Crippen molar-refractivity contribution in [3.8, 4) is 0 Å². The van der Waals surface area contributed by atoms with Crippen LogP contribution in [0.5, 0.6) is 0 Å². The first-order valence-corrected chi connectivity index (χ1v) is 9.38. The molecule has 1 nitrogen and oxygen atoms in total. The van der Waals surface area contributed by atoms with E-state index >= 15 is 0 Å². The van der Waals surface area contributed by atoms with Crippen LogP contribution in [0.3, 0.4) is 0 Å². The minimum atomic E-state index is 0.197. The molecular weight excluding hydrogens is 316 g/mol. The van der Waals surface area contributed by atoms with E-state index in [2.05, 4.69) is 71.9 Å². The standard InChI is InChI=1S/C25H34O/c1-19(2)11-13-23-15-17-25(6,7)24(22(23)5)14-12-20(3)9-8-10-21(4)16-18-26/h8-14,16,18H,15,17H2,1-7H3/b10-8+,14-12+,20-9+,21-16+,23-13-. The van der Waals surface area contributed by atoms with Gasteiger partial charge in [-0.15, -0.1) is 0 Å². The molecule has 1 aliphatic rings. The minimum Gasteiger partial charge on any atom is -0.299 e. The van der Waals surface area contributed by atoms with Crippen LogP contribution < -0.4 is 0 Å². The summed E-state index contributed by atoms with van der Waals surface area (Å²) in [6, 6.07) is 0. The van der Waals surface area contributed by atoms with Crippen LogP contribution in [-0.2, 0) is 4.79 Å². The third-order valence-corrected chi connectivity index (χ3v) is 4.81. The molecule has 140 valence electrons. The van der Waals surface area contributed by atoms with Crippen LogP contribution in [0, 0.1) is 5.41 Å². The summed E-state index contributed by atoms with van der Waals surface area (Å²) in [6.45, 7) is 15.2. The Morgan fingerprint density at radius 3 is 2.23 bits per heavy atom. The van der Waals surface area contributed by atoms with E-state index in [1.54, 1.807) is 6.08 Å². The minimum absolute atomic E-state index is 0.197. The molecule has 0 aliphatic heterocycles. The van der Waals surface area contributed by atoms with Crippen molar-refractivity contribution in [3.63, 3.8) is 0 Å². The largest absolute Gasteiger partial charge is 0.299 e. The Morgan fingerprint density at radius 1 is 0.962 bits per heavy atom. The van der Waals surface area contributed by atoms with Crippen molar-refractivity contribution in [2.24, 2.45) is 5.41 Å². The van der Waals surface area contributed by atoms with Crippen molar-refractivity contribution < 1.29 is 4.79 Å². The maximum absolute atomic E-state index is 10.4. The molecule has 0 bridgehead atoms. The zero-order chi connectivity index (χ0) is 19.7. The average molecular weight is 351 g/mol. The number of rotatable bonds is 6. The molecule has 1 aliphatic carbocycles. The van der Waals surface area contributed by atoms with Crippen molar-refractivity contribution >= 4 is 6.29 Å². The fourth-order valence-corrected chi connectivity index (χ4v) is 3.06. The fourth-order valence-electron chi connectivity index (χ4n) is 3.06. The molecule has 0 amide bonds. The number of carbonyl (C=O) groups excluding carboxylic acids is 1. The van der Waals surface area contributed by atoms with Crippen molar-refractivity contribution in [2.45, 2.75) is 61.3 Å². The molecule has 0 atom stereocenters. The molecule has 0 aromatic heterocycles. The lowest BCUT2D eigenvalue weighted by molar-refractivity contribution is -0.104. The van der Waals surface area contributed by atoms with Gasteiger partial charge in [-0.25, -0.2) is 0 Å². The first kappa shape index (κ1) is 21.9. The van der Waals surface area contributed by atoms with Gasteiger partial charge in [0.1, 0.15) is 6.29 Å². The van der Waals surface area contributed by atoms with Crippen LogP contribution >= 0.6 is 0 Å². The Kier molecular flexibility index (Phi) is 8.51. The molecule has 1 rings (SSSR count). The number of allylic oxidation sites excluding steroid dienone is 14. The summed E-state index contributed by atoms with van der Waals surface area (Å²) in [6.07, 6.45) is 19.7. The van der Waals surface area contributed by atoms with E-state index in [9.17, 15) is 4.79 Å². The molecule has 0 saturated carbocycles. The summed E-state index contributed by atoms with van der Waals surface area (Å²) >= 11 is 0. The first-order valence-electron chi connectivity index (χ1n) is 9.38. The van der Waals surface area contributed by atoms with Gasteiger partial charge in [-0.2, -0.15) is 0 Å². The zero-order valence-electron chi connectivity index (χ0n) is 17.5. The number of hydrogen-bond donors (Lipinski definition) is 0. The molecular formula is C25H34O. The van der Waals surface area contributed by atoms with Gasteiger partial charge in [0.15, 0.2) is 0 Å². The Balaban J connectivity index is 3.09. The third-order valence-electron chi connectivity index (χ3n) is 4.81. The van der Waals surface area contributed by atoms with E-state index < -0.39 is 0 Å². The Morgan fingerprint density at radius 2 is 1.62 bits per heavy atom. The number of aldehydes is 1. The SMILES string of the molecule is CC(C)=C/C=C1/CCC(C)(C)C(/C=C/C(C)=C/C=C/C(C)=C/C=O)=C1C. The van der Waals surface area contributed by atoms with Crippen LogP contribution in [-0.4, -0.2) is 6.29 Å². The van der Waals surface area contributed by atoms with Crippen molar-refractivity contribution in [3.05, 3.63) is 82.0 Å². The van der Waals surface area contributed by atoms with Gasteiger partial charge in [0.05, 0.1) is 0 Å². The van der Waals surface area contributed by atoms with Gasteiger partial charge in [-0.3, -0.25) is 4.79 Å². The second kappa shape index (κ2) is 10.1. The van der Waals surface area contributed by atoms with Gasteiger partial charge in [0.25, 0.3) is 0 Å². The predicted molar refractivity (Wildman–Crippen MR) is 115 cm³/mol. The molecule has 0 unspecified atom stereocenters. The van der Waals surface area contributed by atoms with E-state index in [0.29, 0.717) is 0 Å². The number of hydrogen-bond acceptors (Lipinski definition) is 1. The molecule has 0 N–H and O–H groups in total. The van der Waals surface area contributed by atoms with Crippen LogP contribution in [0.2, 0.25) is 0 Å². The first-order chi connectivity index (χ1) is 12.2. The maximum atomic E-state index is 10.4. The molecule has 0 aromatic rings. The van der Waals surface area contributed by atoms with Gasteiger partial charge in [-0.05, 0) is 81.2 Å². The van der Waals surface area contributed by atoms with E-state index in [1.165, 1.54) is 34.3 Å². The highest BCUT2D eigenvalue weighted by molar-refractivity contribution is 5.67. The van der Waals surface area contributed by atoms with Crippen molar-refractivity contribution in [1.82, 2.24) is 0 Å². The lowest BCUT2D eigenvalue weighted by Crippen LogP contribution is -2.20. The second-order valence-electron chi connectivity index (χ2n) is 8.01. The fraction of sp³-hybridized carbons (Fsp3) is 0.400. The Labute approximate surface area is 160 Å². The van der Waals surface area contributed by atoms with E-state index in [4.69, 9.17) is 0 Å². The zero-order valence-corrected chi connectivity index (χ0v) is 17.5. The topological polar surface area (TPSA) is 17.1 Å². The highest BCUT2D eigenvalue weighted by Gasteiger charge is 2.28. The van der Waals surface area contributed by atoms with Crippen LogP contribution in [0.1, 0.15) is 61.3 Å². The maximum Gasteiger partial charge on any atom is 0.143 e. The average Bonchev–Trinajstić information content (AvgIpc) is 2.53. The van der Waals surface area contributed by atoms with Gasteiger partial charge in [-0.1, -0.05) is 67.5 Å². The van der Waals surface area contributed by atoms with Gasteiger partial charge < -0.3 is 0 Å².